The lowest BCUT2D eigenvalue weighted by atomic mass is 9.89. The number of H-pyrrole nitrogens is 1. The number of hydrogen-bond acceptors (Lipinski definition) is 6. The van der Waals surface area contributed by atoms with Gasteiger partial charge in [0.05, 0.1) is 29.8 Å². The Morgan fingerprint density at radius 1 is 0.750 bits per heavy atom. The molecule has 8 rings (SSSR count). The fourth-order valence-corrected chi connectivity index (χ4v) is 8.13. The topological polar surface area (TPSA) is 121 Å². The van der Waals surface area contributed by atoms with Gasteiger partial charge in [-0.3, -0.25) is 4.57 Å². The summed E-state index contributed by atoms with van der Waals surface area (Å²) in [5.74, 6) is 0.0532. The molecule has 10 nitrogen and oxygen atoms in total. The molecular formula is C46H49N5O5. The lowest BCUT2D eigenvalue weighted by Crippen LogP contribution is -2.47. The van der Waals surface area contributed by atoms with Gasteiger partial charge in [0.15, 0.2) is 6.29 Å². The van der Waals surface area contributed by atoms with E-state index in [2.05, 4.69) is 69.9 Å². The van der Waals surface area contributed by atoms with Crippen molar-refractivity contribution in [2.45, 2.75) is 64.0 Å². The number of amides is 2. The van der Waals surface area contributed by atoms with Gasteiger partial charge in [0.25, 0.3) is 0 Å². The van der Waals surface area contributed by atoms with Crippen molar-refractivity contribution in [2.75, 3.05) is 19.6 Å². The Kier molecular flexibility index (Phi) is 11.4. The number of nitrogens with one attached hydrogen (secondary N) is 3. The van der Waals surface area contributed by atoms with Gasteiger partial charge in [-0.25, -0.2) is 9.59 Å². The van der Waals surface area contributed by atoms with Crippen molar-refractivity contribution in [3.05, 3.63) is 166 Å². The Bertz CT molecular complexity index is 2300. The van der Waals surface area contributed by atoms with E-state index >= 15 is 0 Å². The number of urea groups is 1. The van der Waals surface area contributed by atoms with E-state index in [9.17, 15) is 14.7 Å². The largest absolute Gasteiger partial charge is 0.392 e. The molecule has 5 aromatic carbocycles. The van der Waals surface area contributed by atoms with Crippen LogP contribution in [-0.2, 0) is 29.2 Å². The maximum absolute atomic E-state index is 12.9. The van der Waals surface area contributed by atoms with E-state index in [0.717, 1.165) is 82.5 Å². The Morgan fingerprint density at radius 2 is 1.43 bits per heavy atom. The van der Waals surface area contributed by atoms with Crippen molar-refractivity contribution in [1.82, 2.24) is 25.1 Å². The van der Waals surface area contributed by atoms with Gasteiger partial charge in [0, 0.05) is 50.2 Å². The second kappa shape index (κ2) is 17.1. The van der Waals surface area contributed by atoms with E-state index in [1.165, 1.54) is 0 Å². The highest BCUT2D eigenvalue weighted by Gasteiger charge is 2.40. The molecule has 4 atom stereocenters. The average molecular weight is 752 g/mol. The summed E-state index contributed by atoms with van der Waals surface area (Å²) in [5, 5.41) is 15.6. The number of nitrogens with zero attached hydrogens (tertiary/aromatic N) is 2. The number of aromatic nitrogens is 2. The average Bonchev–Trinajstić information content (AvgIpc) is 3.59. The Balaban J connectivity index is 0.967. The van der Waals surface area contributed by atoms with Crippen molar-refractivity contribution in [3.63, 3.8) is 0 Å². The first kappa shape index (κ1) is 37.4. The maximum Gasteiger partial charge on any atom is 0.326 e. The minimum absolute atomic E-state index is 0.0120. The lowest BCUT2D eigenvalue weighted by Gasteiger charge is -2.44. The minimum atomic E-state index is -0.598. The number of piperidine rings is 1. The zero-order chi connectivity index (χ0) is 38.4. The van der Waals surface area contributed by atoms with Crippen molar-refractivity contribution in [2.24, 2.45) is 5.92 Å². The molecule has 10 heteroatoms. The fourth-order valence-electron chi connectivity index (χ4n) is 8.13. The predicted octanol–water partition coefficient (Wildman–Crippen LogP) is 7.62. The molecular weight excluding hydrogens is 703 g/mol. The van der Waals surface area contributed by atoms with Crippen LogP contribution in [0.3, 0.4) is 0 Å². The molecule has 3 heterocycles. The smallest absolute Gasteiger partial charge is 0.326 e. The third-order valence-electron chi connectivity index (χ3n) is 11.3. The Morgan fingerprint density at radius 3 is 2.20 bits per heavy atom. The van der Waals surface area contributed by atoms with Gasteiger partial charge >= 0.3 is 11.7 Å². The highest BCUT2D eigenvalue weighted by Crippen LogP contribution is 2.43. The van der Waals surface area contributed by atoms with Crippen LogP contribution in [-0.4, -0.2) is 51.3 Å². The van der Waals surface area contributed by atoms with Gasteiger partial charge < -0.3 is 35.1 Å². The molecule has 2 fully saturated rings. The Labute approximate surface area is 327 Å². The summed E-state index contributed by atoms with van der Waals surface area (Å²) in [6, 6.07) is 42.2. The number of likely N-dealkylation sites (tertiary alicyclic amines) is 1. The van der Waals surface area contributed by atoms with E-state index in [0.29, 0.717) is 13.1 Å². The number of rotatable bonds is 11. The van der Waals surface area contributed by atoms with Gasteiger partial charge in [-0.15, -0.1) is 0 Å². The maximum atomic E-state index is 12.9. The van der Waals surface area contributed by atoms with Gasteiger partial charge in [-0.2, -0.15) is 0 Å². The van der Waals surface area contributed by atoms with Crippen molar-refractivity contribution in [3.8, 4) is 11.1 Å². The number of ether oxygens (including phenoxy) is 2. The number of aliphatic hydroxyl groups excluding tert-OH is 1. The zero-order valence-electron chi connectivity index (χ0n) is 31.6. The van der Waals surface area contributed by atoms with Crippen LogP contribution in [0.25, 0.3) is 22.2 Å². The highest BCUT2D eigenvalue weighted by atomic mass is 16.7. The molecule has 2 aliphatic heterocycles. The van der Waals surface area contributed by atoms with Gasteiger partial charge in [0.2, 0.25) is 0 Å². The van der Waals surface area contributed by atoms with E-state index in [-0.39, 0.29) is 42.5 Å². The number of imidazole rings is 1. The molecule has 2 amide bonds. The molecule has 56 heavy (non-hydrogen) atoms. The molecule has 0 radical (unpaired) electrons. The summed E-state index contributed by atoms with van der Waals surface area (Å²) in [7, 11) is 0. The van der Waals surface area contributed by atoms with Crippen LogP contribution in [0.4, 0.5) is 4.79 Å². The number of fused-ring (bicyclic) bond motifs is 1. The van der Waals surface area contributed by atoms with Crippen molar-refractivity contribution in [1.29, 1.82) is 0 Å². The van der Waals surface area contributed by atoms with Crippen LogP contribution in [0.2, 0.25) is 0 Å². The number of benzene rings is 5. The third-order valence-corrected chi connectivity index (χ3v) is 11.3. The first-order valence-electron chi connectivity index (χ1n) is 19.6. The summed E-state index contributed by atoms with van der Waals surface area (Å²) >= 11 is 0. The number of hydrogen-bond donors (Lipinski definition) is 4. The lowest BCUT2D eigenvalue weighted by molar-refractivity contribution is -0.276. The standard InChI is InChI=1S/C46H49N5O5/c1-31-42(29-50-23-21-39(22-24-50)51-41-16-6-5-15-40(41)49-46(51)54)55-44(56-43(31)35-19-17-33(30-52)18-20-35)38-14-8-13-37(26-38)36-12-7-11-34(25-36)28-48-45(53)47-27-32-9-3-2-4-10-32/h2-20,25-26,31,39,42-44,52H,21-24,27-30H2,1H3,(H,49,54)(H2,47,48,53)/t31-,42+,43+,44+/m0/s1. The van der Waals surface area contributed by atoms with E-state index < -0.39 is 6.29 Å². The molecule has 288 valence electrons. The zero-order valence-corrected chi connectivity index (χ0v) is 31.6. The summed E-state index contributed by atoms with van der Waals surface area (Å²) in [6.07, 6.45) is 0.821. The van der Waals surface area contributed by atoms with Crippen LogP contribution in [0.1, 0.15) is 66.0 Å². The molecule has 0 unspecified atom stereocenters. The number of carbonyl (C=O) groups is 1. The van der Waals surface area contributed by atoms with Crippen molar-refractivity contribution < 1.29 is 19.4 Å². The molecule has 0 spiro atoms. The van der Waals surface area contributed by atoms with Crippen LogP contribution in [0.5, 0.6) is 0 Å². The Hall–Kier alpha value is -5.52. The normalized spacial score (nSPS) is 20.5. The second-order valence-electron chi connectivity index (χ2n) is 15.0. The molecule has 2 aliphatic rings. The fraction of sp³-hybridized carbons (Fsp3) is 0.304. The van der Waals surface area contributed by atoms with Crippen LogP contribution < -0.4 is 16.3 Å². The van der Waals surface area contributed by atoms with E-state index in [4.69, 9.17) is 9.47 Å². The monoisotopic (exact) mass is 751 g/mol. The number of carbonyl (C=O) groups excluding carboxylic acids is 1. The van der Waals surface area contributed by atoms with Gasteiger partial charge in [0.1, 0.15) is 0 Å². The first-order valence-corrected chi connectivity index (χ1v) is 19.6. The van der Waals surface area contributed by atoms with Crippen LogP contribution >= 0.6 is 0 Å². The summed E-state index contributed by atoms with van der Waals surface area (Å²) in [6.45, 7) is 5.51. The molecule has 1 aromatic heterocycles. The molecule has 0 bridgehead atoms. The predicted molar refractivity (Wildman–Crippen MR) is 218 cm³/mol. The van der Waals surface area contributed by atoms with Crippen LogP contribution in [0.15, 0.2) is 132 Å². The number of aromatic amines is 1. The molecule has 4 N–H and O–H groups in total. The highest BCUT2D eigenvalue weighted by molar-refractivity contribution is 5.75. The van der Waals surface area contributed by atoms with Crippen molar-refractivity contribution >= 4 is 17.1 Å². The van der Waals surface area contributed by atoms with Gasteiger partial charge in [-0.05, 0) is 70.5 Å². The second-order valence-corrected chi connectivity index (χ2v) is 15.0. The van der Waals surface area contributed by atoms with E-state index in [1.54, 1.807) is 0 Å². The summed E-state index contributed by atoms with van der Waals surface area (Å²) < 4.78 is 15.6. The summed E-state index contributed by atoms with van der Waals surface area (Å²) in [5.41, 5.74) is 8.72. The molecule has 0 saturated carbocycles. The number of aliphatic hydroxyl groups is 1. The first-order chi connectivity index (χ1) is 27.4. The minimum Gasteiger partial charge on any atom is -0.392 e. The third kappa shape index (κ3) is 8.49. The molecule has 6 aromatic rings. The van der Waals surface area contributed by atoms with Crippen LogP contribution in [0, 0.1) is 5.92 Å². The summed E-state index contributed by atoms with van der Waals surface area (Å²) in [4.78, 5) is 31.0. The molecule has 0 aliphatic carbocycles. The van der Waals surface area contributed by atoms with Gasteiger partial charge in [-0.1, -0.05) is 110 Å². The van der Waals surface area contributed by atoms with E-state index in [1.807, 2.05) is 89.5 Å². The molecule has 2 saturated heterocycles. The number of para-hydroxylation sites is 2. The quantitative estimate of drug-likeness (QED) is 0.108. The SMILES string of the molecule is C[C@H]1[C@@H](CN2CCC(n3c(=O)[nH]c4ccccc43)CC2)O[C@@H](c2cccc(-c3cccc(CNC(=O)NCc4ccccc4)c3)c2)O[C@H]1c1ccc(CO)cc1.